The minimum atomic E-state index is -0.361. The first-order valence-corrected chi connectivity index (χ1v) is 5.49. The van der Waals surface area contributed by atoms with Gasteiger partial charge in [0, 0.05) is 19.5 Å². The van der Waals surface area contributed by atoms with Crippen molar-refractivity contribution in [2.45, 2.75) is 25.3 Å². The fourth-order valence-electron chi connectivity index (χ4n) is 2.51. The second kappa shape index (κ2) is 4.23. The Kier molecular flexibility index (Phi) is 2.95. The molecule has 1 aliphatic carbocycles. The predicted octanol–water partition coefficient (Wildman–Crippen LogP) is 1.34. The topological polar surface area (TPSA) is 41.6 Å². The molecule has 1 heterocycles. The van der Waals surface area contributed by atoms with Crippen LogP contribution >= 0.6 is 0 Å². The first-order valence-electron chi connectivity index (χ1n) is 5.49. The zero-order valence-electron chi connectivity index (χ0n) is 9.32. The number of allylic oxidation sites excluding steroid dienone is 1. The highest BCUT2D eigenvalue weighted by atomic mass is 16.6. The number of alkyl carbamates (subject to hydrolysis) is 1. The molecule has 0 bridgehead atoms. The van der Waals surface area contributed by atoms with Gasteiger partial charge in [0.05, 0.1) is 0 Å². The van der Waals surface area contributed by atoms with Crippen LogP contribution in [-0.4, -0.2) is 37.7 Å². The summed E-state index contributed by atoms with van der Waals surface area (Å²) in [7, 11) is 3.73. The van der Waals surface area contributed by atoms with Crippen molar-refractivity contribution in [1.29, 1.82) is 0 Å². The van der Waals surface area contributed by atoms with Gasteiger partial charge in [0.15, 0.2) is 0 Å². The highest BCUT2D eigenvalue weighted by molar-refractivity contribution is 5.68. The van der Waals surface area contributed by atoms with Crippen LogP contribution < -0.4 is 5.32 Å². The third-order valence-electron chi connectivity index (χ3n) is 3.45. The molecular weight excluding hydrogens is 192 g/mol. The van der Waals surface area contributed by atoms with E-state index in [4.69, 9.17) is 4.74 Å². The third kappa shape index (κ3) is 2.15. The van der Waals surface area contributed by atoms with Crippen LogP contribution in [0.15, 0.2) is 11.8 Å². The molecule has 1 aliphatic heterocycles. The number of amides is 1. The van der Waals surface area contributed by atoms with Crippen molar-refractivity contribution < 1.29 is 9.53 Å². The Hall–Kier alpha value is -1.03. The van der Waals surface area contributed by atoms with Gasteiger partial charge < -0.3 is 15.0 Å². The monoisotopic (exact) mass is 210 g/mol. The van der Waals surface area contributed by atoms with Gasteiger partial charge in [0.2, 0.25) is 0 Å². The van der Waals surface area contributed by atoms with Crippen LogP contribution in [0.1, 0.15) is 19.3 Å². The average Bonchev–Trinajstić information content (AvgIpc) is 2.60. The molecule has 4 nitrogen and oxygen atoms in total. The van der Waals surface area contributed by atoms with Gasteiger partial charge in [-0.3, -0.25) is 0 Å². The van der Waals surface area contributed by atoms with Crippen LogP contribution in [0, 0.1) is 5.92 Å². The highest BCUT2D eigenvalue weighted by Gasteiger charge is 2.34. The van der Waals surface area contributed by atoms with Crippen LogP contribution in [0.4, 0.5) is 4.79 Å². The number of hydrogen-bond acceptors (Lipinski definition) is 3. The Morgan fingerprint density at radius 2 is 2.47 bits per heavy atom. The second-order valence-electron chi connectivity index (χ2n) is 4.35. The quantitative estimate of drug-likeness (QED) is 0.710. The lowest BCUT2D eigenvalue weighted by Gasteiger charge is -2.28. The van der Waals surface area contributed by atoms with Crippen LogP contribution in [0.25, 0.3) is 0 Å². The van der Waals surface area contributed by atoms with Gasteiger partial charge in [-0.05, 0) is 38.4 Å². The number of hydrogen-bond donors (Lipinski definition) is 1. The maximum absolute atomic E-state index is 11.1. The molecule has 4 heteroatoms. The molecule has 2 aliphatic rings. The Balaban J connectivity index is 1.96. The average molecular weight is 210 g/mol. The van der Waals surface area contributed by atoms with Crippen LogP contribution in [0.2, 0.25) is 0 Å². The second-order valence-corrected chi connectivity index (χ2v) is 4.35. The minimum Gasteiger partial charge on any atom is -0.415 e. The highest BCUT2D eigenvalue weighted by Crippen LogP contribution is 2.34. The fraction of sp³-hybridized carbons (Fsp3) is 0.727. The maximum atomic E-state index is 11.1. The zero-order valence-corrected chi connectivity index (χ0v) is 9.32. The smallest absolute Gasteiger partial charge is 0.412 e. The third-order valence-corrected chi connectivity index (χ3v) is 3.45. The number of likely N-dealkylation sites (tertiary alicyclic amines) is 1. The van der Waals surface area contributed by atoms with Crippen LogP contribution in [-0.2, 0) is 4.74 Å². The maximum Gasteiger partial charge on any atom is 0.412 e. The fourth-order valence-corrected chi connectivity index (χ4v) is 2.51. The molecule has 0 spiro atoms. The molecule has 2 atom stereocenters. The molecule has 15 heavy (non-hydrogen) atoms. The van der Waals surface area contributed by atoms with Gasteiger partial charge in [0.25, 0.3) is 0 Å². The molecule has 2 rings (SSSR count). The van der Waals surface area contributed by atoms with Crippen LogP contribution in [0.5, 0.6) is 0 Å². The van der Waals surface area contributed by atoms with E-state index in [1.165, 1.54) is 6.42 Å². The molecule has 1 N–H and O–H groups in total. The SMILES string of the molecule is CNC(=O)OC1=CCC2CCN(C)C2C1. The van der Waals surface area contributed by atoms with E-state index < -0.39 is 0 Å². The van der Waals surface area contributed by atoms with Crippen molar-refractivity contribution >= 4 is 6.09 Å². The predicted molar refractivity (Wildman–Crippen MR) is 57.4 cm³/mol. The summed E-state index contributed by atoms with van der Waals surface area (Å²) in [5.74, 6) is 1.58. The Bertz CT molecular complexity index is 288. The summed E-state index contributed by atoms with van der Waals surface area (Å²) in [4.78, 5) is 13.4. The molecule has 2 unspecified atom stereocenters. The van der Waals surface area contributed by atoms with E-state index in [9.17, 15) is 4.79 Å². The van der Waals surface area contributed by atoms with E-state index in [1.54, 1.807) is 7.05 Å². The Labute approximate surface area is 90.3 Å². The summed E-state index contributed by atoms with van der Waals surface area (Å²) in [5.41, 5.74) is 0. The molecular formula is C11H18N2O2. The van der Waals surface area contributed by atoms with E-state index in [0.29, 0.717) is 6.04 Å². The number of ether oxygens (including phenoxy) is 1. The molecule has 0 radical (unpaired) electrons. The molecule has 0 aromatic heterocycles. The summed E-state index contributed by atoms with van der Waals surface area (Å²) in [6.45, 7) is 1.16. The molecule has 1 amide bonds. The summed E-state index contributed by atoms with van der Waals surface area (Å²) < 4.78 is 5.18. The largest absolute Gasteiger partial charge is 0.415 e. The summed E-state index contributed by atoms with van der Waals surface area (Å²) in [6, 6.07) is 0.564. The molecule has 1 saturated heterocycles. The number of carbonyl (C=O) groups excluding carboxylic acids is 1. The first kappa shape index (κ1) is 10.5. The van der Waals surface area contributed by atoms with Crippen molar-refractivity contribution in [2.24, 2.45) is 5.92 Å². The van der Waals surface area contributed by atoms with Crippen LogP contribution in [0.3, 0.4) is 0 Å². The number of carbonyl (C=O) groups is 1. The molecule has 84 valence electrons. The normalized spacial score (nSPS) is 30.7. The van der Waals surface area contributed by atoms with Crippen molar-refractivity contribution in [3.8, 4) is 0 Å². The number of rotatable bonds is 1. The first-order chi connectivity index (χ1) is 7.20. The van der Waals surface area contributed by atoms with Gasteiger partial charge in [-0.1, -0.05) is 0 Å². The number of nitrogens with zero attached hydrogens (tertiary/aromatic N) is 1. The minimum absolute atomic E-state index is 0.361. The Morgan fingerprint density at radius 3 is 3.20 bits per heavy atom. The van der Waals surface area contributed by atoms with E-state index in [-0.39, 0.29) is 6.09 Å². The van der Waals surface area contributed by atoms with Gasteiger partial charge in [-0.15, -0.1) is 0 Å². The Morgan fingerprint density at radius 1 is 1.67 bits per heavy atom. The van der Waals surface area contributed by atoms with Crippen molar-refractivity contribution in [2.75, 3.05) is 20.6 Å². The van der Waals surface area contributed by atoms with Crippen molar-refractivity contribution in [3.63, 3.8) is 0 Å². The molecule has 0 aromatic rings. The number of fused-ring (bicyclic) bond motifs is 1. The van der Waals surface area contributed by atoms with Crippen molar-refractivity contribution in [3.05, 3.63) is 11.8 Å². The lowest BCUT2D eigenvalue weighted by Crippen LogP contribution is -2.33. The summed E-state index contributed by atoms with van der Waals surface area (Å²) in [5, 5.41) is 2.47. The lowest BCUT2D eigenvalue weighted by molar-refractivity contribution is 0.159. The lowest BCUT2D eigenvalue weighted by atomic mass is 9.89. The molecule has 0 saturated carbocycles. The number of nitrogens with one attached hydrogen (secondary N) is 1. The van der Waals surface area contributed by atoms with Gasteiger partial charge in [-0.25, -0.2) is 4.79 Å². The van der Waals surface area contributed by atoms with Gasteiger partial charge in [-0.2, -0.15) is 0 Å². The summed E-state index contributed by atoms with van der Waals surface area (Å²) in [6.07, 6.45) is 4.89. The molecule has 1 fully saturated rings. The van der Waals surface area contributed by atoms with Gasteiger partial charge in [0.1, 0.15) is 5.76 Å². The van der Waals surface area contributed by atoms with E-state index in [2.05, 4.69) is 23.3 Å². The summed E-state index contributed by atoms with van der Waals surface area (Å²) >= 11 is 0. The van der Waals surface area contributed by atoms with Crippen molar-refractivity contribution in [1.82, 2.24) is 10.2 Å². The van der Waals surface area contributed by atoms with Gasteiger partial charge >= 0.3 is 6.09 Å². The van der Waals surface area contributed by atoms with E-state index in [0.717, 1.165) is 31.1 Å². The van der Waals surface area contributed by atoms with E-state index in [1.807, 2.05) is 0 Å². The molecule has 0 aromatic carbocycles. The van der Waals surface area contributed by atoms with E-state index >= 15 is 0 Å². The standard InChI is InChI=1S/C11H18N2O2/c1-12-11(14)15-9-4-3-8-5-6-13(2)10(8)7-9/h4,8,10H,3,5-7H2,1-2H3,(H,12,14). The zero-order chi connectivity index (χ0) is 10.8.